The van der Waals surface area contributed by atoms with Gasteiger partial charge in [0.2, 0.25) is 5.91 Å². The Morgan fingerprint density at radius 2 is 1.83 bits per heavy atom. The van der Waals surface area contributed by atoms with Gasteiger partial charge in [-0.2, -0.15) is 0 Å². The van der Waals surface area contributed by atoms with Crippen molar-refractivity contribution in [2.45, 2.75) is 36.3 Å². The van der Waals surface area contributed by atoms with E-state index in [1.54, 1.807) is 6.92 Å². The van der Waals surface area contributed by atoms with Gasteiger partial charge in [-0.15, -0.1) is 11.8 Å². The van der Waals surface area contributed by atoms with Gasteiger partial charge in [0.1, 0.15) is 0 Å². The number of nitrogens with one attached hydrogen (secondary N) is 1. The maximum absolute atomic E-state index is 13.2. The highest BCUT2D eigenvalue weighted by Crippen LogP contribution is 2.25. The molecule has 2 aromatic carbocycles. The largest absolute Gasteiger partial charge is 0.355 e. The third-order valence-corrected chi connectivity index (χ3v) is 4.95. The van der Waals surface area contributed by atoms with E-state index in [9.17, 15) is 13.6 Å². The maximum Gasteiger partial charge on any atom is 0.233 e. The van der Waals surface area contributed by atoms with Crippen molar-refractivity contribution in [3.63, 3.8) is 0 Å². The van der Waals surface area contributed by atoms with Crippen LogP contribution in [0.1, 0.15) is 31.7 Å². The molecule has 0 aliphatic carbocycles. The van der Waals surface area contributed by atoms with Crippen LogP contribution in [0.15, 0.2) is 53.4 Å². The topological polar surface area (TPSA) is 29.1 Å². The first-order chi connectivity index (χ1) is 11.5. The van der Waals surface area contributed by atoms with Crippen LogP contribution in [0.4, 0.5) is 8.78 Å². The van der Waals surface area contributed by atoms with Crippen LogP contribution in [0.3, 0.4) is 0 Å². The molecule has 1 N–H and O–H groups in total. The van der Waals surface area contributed by atoms with Crippen molar-refractivity contribution in [1.29, 1.82) is 0 Å². The lowest BCUT2D eigenvalue weighted by Gasteiger charge is -2.18. The van der Waals surface area contributed by atoms with E-state index in [-0.39, 0.29) is 17.1 Å². The number of carbonyl (C=O) groups excluding carboxylic acids is 1. The van der Waals surface area contributed by atoms with Crippen molar-refractivity contribution in [2.24, 2.45) is 0 Å². The first-order valence-corrected chi connectivity index (χ1v) is 8.83. The van der Waals surface area contributed by atoms with E-state index in [2.05, 4.69) is 24.4 Å². The molecule has 0 aromatic heterocycles. The van der Waals surface area contributed by atoms with Gasteiger partial charge in [-0.05, 0) is 37.1 Å². The number of carbonyl (C=O) groups is 1. The number of halogens is 2. The second kappa shape index (κ2) is 8.83. The summed E-state index contributed by atoms with van der Waals surface area (Å²) in [5.41, 5.74) is 1.20. The quantitative estimate of drug-likeness (QED) is 0.731. The summed E-state index contributed by atoms with van der Waals surface area (Å²) in [6.45, 7) is 4.40. The first kappa shape index (κ1) is 18.5. The van der Waals surface area contributed by atoms with Crippen molar-refractivity contribution >= 4 is 17.7 Å². The van der Waals surface area contributed by atoms with Crippen molar-refractivity contribution in [2.75, 3.05) is 6.54 Å². The number of hydrogen-bond acceptors (Lipinski definition) is 2. The number of amides is 1. The molecule has 2 rings (SSSR count). The Morgan fingerprint density at radius 1 is 1.12 bits per heavy atom. The van der Waals surface area contributed by atoms with Gasteiger partial charge in [0.15, 0.2) is 11.6 Å². The smallest absolute Gasteiger partial charge is 0.233 e. The van der Waals surface area contributed by atoms with Gasteiger partial charge in [-0.3, -0.25) is 4.79 Å². The minimum Gasteiger partial charge on any atom is -0.355 e. The van der Waals surface area contributed by atoms with Crippen molar-refractivity contribution in [3.05, 3.63) is 65.7 Å². The van der Waals surface area contributed by atoms with Gasteiger partial charge in [-0.25, -0.2) is 8.78 Å². The second-order valence-electron chi connectivity index (χ2n) is 5.60. The number of rotatable bonds is 7. The summed E-state index contributed by atoms with van der Waals surface area (Å²) >= 11 is 1.21. The molecule has 2 aromatic rings. The zero-order chi connectivity index (χ0) is 17.5. The van der Waals surface area contributed by atoms with Crippen LogP contribution in [0.2, 0.25) is 0 Å². The van der Waals surface area contributed by atoms with Crippen LogP contribution < -0.4 is 5.32 Å². The van der Waals surface area contributed by atoms with E-state index >= 15 is 0 Å². The van der Waals surface area contributed by atoms with Crippen LogP contribution in [0.25, 0.3) is 0 Å². The molecule has 0 saturated carbocycles. The summed E-state index contributed by atoms with van der Waals surface area (Å²) in [6, 6.07) is 13.7. The van der Waals surface area contributed by atoms with E-state index in [0.717, 1.165) is 18.6 Å². The van der Waals surface area contributed by atoms with E-state index in [4.69, 9.17) is 0 Å². The monoisotopic (exact) mass is 349 g/mol. The van der Waals surface area contributed by atoms with E-state index in [1.165, 1.54) is 23.4 Å². The zero-order valence-corrected chi connectivity index (χ0v) is 14.6. The van der Waals surface area contributed by atoms with Crippen LogP contribution in [-0.2, 0) is 4.79 Å². The molecule has 0 spiro atoms. The molecule has 2 atom stereocenters. The van der Waals surface area contributed by atoms with Crippen LogP contribution in [-0.4, -0.2) is 17.7 Å². The molecule has 2 nitrogen and oxygen atoms in total. The summed E-state index contributed by atoms with van der Waals surface area (Å²) in [5.74, 6) is -1.64. The summed E-state index contributed by atoms with van der Waals surface area (Å²) in [6.07, 6.45) is 0.926. The Bertz CT molecular complexity index is 678. The van der Waals surface area contributed by atoms with Gasteiger partial charge < -0.3 is 5.32 Å². The normalized spacial score (nSPS) is 13.3. The number of hydrogen-bond donors (Lipinski definition) is 1. The third-order valence-electron chi connectivity index (χ3n) is 3.86. The fourth-order valence-electron chi connectivity index (χ4n) is 2.40. The predicted octanol–water partition coefficient (Wildman–Crippen LogP) is 4.76. The molecule has 0 unspecified atom stereocenters. The minimum absolute atomic E-state index is 0.112. The predicted molar refractivity (Wildman–Crippen MR) is 94.2 cm³/mol. The SMILES string of the molecule is CC[C@H](CNC(=O)[C@H](C)Sc1ccc(F)c(F)c1)c1ccccc1. The third kappa shape index (κ3) is 5.06. The molecular weight excluding hydrogens is 328 g/mol. The summed E-state index contributed by atoms with van der Waals surface area (Å²) in [7, 11) is 0. The minimum atomic E-state index is -0.900. The maximum atomic E-state index is 13.2. The molecule has 0 aliphatic rings. The Labute approximate surface area is 145 Å². The van der Waals surface area contributed by atoms with Crippen molar-refractivity contribution in [3.8, 4) is 0 Å². The molecule has 0 saturated heterocycles. The van der Waals surface area contributed by atoms with E-state index in [1.807, 2.05) is 18.2 Å². The van der Waals surface area contributed by atoms with E-state index in [0.29, 0.717) is 11.4 Å². The summed E-state index contributed by atoms with van der Waals surface area (Å²) in [4.78, 5) is 12.8. The molecular formula is C19H21F2NOS. The van der Waals surface area contributed by atoms with Gasteiger partial charge in [-0.1, -0.05) is 37.3 Å². The molecule has 0 aliphatic heterocycles. The lowest BCUT2D eigenvalue weighted by Crippen LogP contribution is -2.34. The molecule has 128 valence electrons. The van der Waals surface area contributed by atoms with Crippen molar-refractivity contribution < 1.29 is 13.6 Å². The van der Waals surface area contributed by atoms with Crippen LogP contribution >= 0.6 is 11.8 Å². The summed E-state index contributed by atoms with van der Waals surface area (Å²) < 4.78 is 26.2. The highest BCUT2D eigenvalue weighted by Gasteiger charge is 2.17. The standard InChI is InChI=1S/C19H21F2NOS/c1-3-14(15-7-5-4-6-8-15)12-22-19(23)13(2)24-16-9-10-17(20)18(21)11-16/h4-11,13-14H,3,12H2,1-2H3,(H,22,23)/t13-,14+/m0/s1. The van der Waals surface area contributed by atoms with Crippen LogP contribution in [0, 0.1) is 11.6 Å². The zero-order valence-electron chi connectivity index (χ0n) is 13.8. The Balaban J connectivity index is 1.90. The summed E-state index contributed by atoms with van der Waals surface area (Å²) in [5, 5.41) is 2.56. The average molecular weight is 349 g/mol. The Morgan fingerprint density at radius 3 is 2.46 bits per heavy atom. The lowest BCUT2D eigenvalue weighted by atomic mass is 9.96. The first-order valence-electron chi connectivity index (χ1n) is 7.95. The second-order valence-corrected chi connectivity index (χ2v) is 7.01. The number of thioether (sulfide) groups is 1. The molecule has 1 amide bonds. The van der Waals surface area contributed by atoms with Crippen LogP contribution in [0.5, 0.6) is 0 Å². The molecule has 0 fully saturated rings. The highest BCUT2D eigenvalue weighted by atomic mass is 32.2. The molecule has 24 heavy (non-hydrogen) atoms. The Hall–Kier alpha value is -1.88. The van der Waals surface area contributed by atoms with Crippen molar-refractivity contribution in [1.82, 2.24) is 5.32 Å². The van der Waals surface area contributed by atoms with Gasteiger partial charge in [0, 0.05) is 17.4 Å². The van der Waals surface area contributed by atoms with Gasteiger partial charge in [0.05, 0.1) is 5.25 Å². The Kier molecular flexibility index (Phi) is 6.79. The fourth-order valence-corrected chi connectivity index (χ4v) is 3.32. The van der Waals surface area contributed by atoms with E-state index < -0.39 is 11.6 Å². The van der Waals surface area contributed by atoms with Gasteiger partial charge in [0.25, 0.3) is 0 Å². The lowest BCUT2D eigenvalue weighted by molar-refractivity contribution is -0.120. The number of benzene rings is 2. The molecule has 0 radical (unpaired) electrons. The average Bonchev–Trinajstić information content (AvgIpc) is 2.59. The van der Waals surface area contributed by atoms with Gasteiger partial charge >= 0.3 is 0 Å². The highest BCUT2D eigenvalue weighted by molar-refractivity contribution is 8.00. The molecule has 5 heteroatoms. The molecule has 0 bridgehead atoms. The molecule has 0 heterocycles. The fraction of sp³-hybridized carbons (Fsp3) is 0.316.